The summed E-state index contributed by atoms with van der Waals surface area (Å²) in [6.45, 7) is 2.76. The van der Waals surface area contributed by atoms with Gasteiger partial charge in [-0.2, -0.15) is 0 Å². The Labute approximate surface area is 125 Å². The smallest absolute Gasteiger partial charge is 0.292 e. The summed E-state index contributed by atoms with van der Waals surface area (Å²) in [7, 11) is 1.69. The number of rotatable bonds is 6. The molecule has 0 radical (unpaired) electrons. The van der Waals surface area contributed by atoms with Crippen molar-refractivity contribution in [3.63, 3.8) is 0 Å². The summed E-state index contributed by atoms with van der Waals surface area (Å²) in [6, 6.07) is 5.12. The van der Waals surface area contributed by atoms with Gasteiger partial charge < -0.3 is 10.1 Å². The molecule has 0 saturated heterocycles. The summed E-state index contributed by atoms with van der Waals surface area (Å²) in [4.78, 5) is 10.5. The lowest BCUT2D eigenvalue weighted by Gasteiger charge is -2.28. The monoisotopic (exact) mass is 292 g/mol. The number of nitrogens with zero attached hydrogens (tertiary/aromatic N) is 1. The average Bonchev–Trinajstić information content (AvgIpc) is 2.52. The standard InChI is InChI=1S/C16H24N2O3/c1-3-12-5-4-6-14(9-12)21-11-13-7-8-16(18(19)20)15(10-13)17-2/h7-8,10,12,14,17H,3-6,9,11H2,1-2H3. The number of nitro benzene ring substituents is 1. The topological polar surface area (TPSA) is 64.4 Å². The molecular formula is C16H24N2O3. The van der Waals surface area contributed by atoms with E-state index >= 15 is 0 Å². The molecule has 1 aromatic carbocycles. The van der Waals surface area contributed by atoms with Crippen molar-refractivity contribution in [1.29, 1.82) is 0 Å². The van der Waals surface area contributed by atoms with Crippen molar-refractivity contribution >= 4 is 11.4 Å². The molecule has 1 fully saturated rings. The summed E-state index contributed by atoms with van der Waals surface area (Å²) < 4.78 is 6.00. The van der Waals surface area contributed by atoms with Crippen LogP contribution < -0.4 is 5.32 Å². The van der Waals surface area contributed by atoms with Gasteiger partial charge in [-0.25, -0.2) is 0 Å². The van der Waals surface area contributed by atoms with E-state index in [9.17, 15) is 10.1 Å². The molecule has 0 aliphatic heterocycles. The molecule has 5 heteroatoms. The molecule has 5 nitrogen and oxygen atoms in total. The van der Waals surface area contributed by atoms with Crippen LogP contribution in [0.3, 0.4) is 0 Å². The first-order valence-electron chi connectivity index (χ1n) is 7.70. The molecule has 2 atom stereocenters. The highest BCUT2D eigenvalue weighted by Gasteiger charge is 2.21. The zero-order valence-electron chi connectivity index (χ0n) is 12.8. The lowest BCUT2D eigenvalue weighted by atomic mass is 9.85. The Hall–Kier alpha value is -1.62. The van der Waals surface area contributed by atoms with Crippen molar-refractivity contribution in [2.24, 2.45) is 5.92 Å². The number of hydrogen-bond donors (Lipinski definition) is 1. The lowest BCUT2D eigenvalue weighted by molar-refractivity contribution is -0.384. The molecule has 1 aromatic rings. The Balaban J connectivity index is 1.95. The zero-order chi connectivity index (χ0) is 15.2. The van der Waals surface area contributed by atoms with Gasteiger partial charge in [-0.05, 0) is 36.5 Å². The molecule has 116 valence electrons. The van der Waals surface area contributed by atoms with Gasteiger partial charge in [-0.1, -0.05) is 26.2 Å². The molecule has 0 spiro atoms. The molecule has 1 N–H and O–H groups in total. The van der Waals surface area contributed by atoms with Crippen LogP contribution in [0.5, 0.6) is 0 Å². The van der Waals surface area contributed by atoms with Gasteiger partial charge in [0.2, 0.25) is 0 Å². The fourth-order valence-electron chi connectivity index (χ4n) is 3.01. The minimum atomic E-state index is -0.372. The van der Waals surface area contributed by atoms with Crippen molar-refractivity contribution in [1.82, 2.24) is 0 Å². The molecule has 1 aliphatic carbocycles. The van der Waals surface area contributed by atoms with Crippen molar-refractivity contribution in [3.05, 3.63) is 33.9 Å². The normalized spacial score (nSPS) is 22.0. The number of hydrogen-bond acceptors (Lipinski definition) is 4. The SMILES string of the molecule is CCC1CCCC(OCc2ccc([N+](=O)[O-])c(NC)c2)C1. The van der Waals surface area contributed by atoms with E-state index in [4.69, 9.17) is 4.74 Å². The molecule has 0 bridgehead atoms. The van der Waals surface area contributed by atoms with Gasteiger partial charge in [0.15, 0.2) is 0 Å². The van der Waals surface area contributed by atoms with Crippen LogP contribution in [0.4, 0.5) is 11.4 Å². The van der Waals surface area contributed by atoms with Gasteiger partial charge in [-0.15, -0.1) is 0 Å². The number of nitrogens with one attached hydrogen (secondary N) is 1. The van der Waals surface area contributed by atoms with E-state index in [1.165, 1.54) is 19.3 Å². The summed E-state index contributed by atoms with van der Waals surface area (Å²) in [5.41, 5.74) is 1.62. The second-order valence-corrected chi connectivity index (χ2v) is 5.73. The first kappa shape index (κ1) is 15.8. The first-order valence-corrected chi connectivity index (χ1v) is 7.70. The first-order chi connectivity index (χ1) is 10.1. The zero-order valence-corrected chi connectivity index (χ0v) is 12.8. The van der Waals surface area contributed by atoms with Crippen LogP contribution in [0.1, 0.15) is 44.6 Å². The summed E-state index contributed by atoms with van der Waals surface area (Å²) in [5.74, 6) is 0.786. The van der Waals surface area contributed by atoms with Crippen LogP contribution in [0, 0.1) is 16.0 Å². The van der Waals surface area contributed by atoms with Crippen molar-refractivity contribution in [2.45, 2.75) is 51.7 Å². The van der Waals surface area contributed by atoms with Gasteiger partial charge in [0.25, 0.3) is 5.69 Å². The van der Waals surface area contributed by atoms with Gasteiger partial charge in [0, 0.05) is 13.1 Å². The molecule has 21 heavy (non-hydrogen) atoms. The fraction of sp³-hybridized carbons (Fsp3) is 0.625. The molecule has 0 aromatic heterocycles. The van der Waals surface area contributed by atoms with E-state index < -0.39 is 0 Å². The highest BCUT2D eigenvalue weighted by molar-refractivity contribution is 5.62. The summed E-state index contributed by atoms with van der Waals surface area (Å²) in [5, 5.41) is 13.8. The Morgan fingerprint density at radius 1 is 1.43 bits per heavy atom. The molecule has 1 aliphatic rings. The van der Waals surface area contributed by atoms with Gasteiger partial charge in [0.1, 0.15) is 5.69 Å². The molecule has 0 amide bonds. The van der Waals surface area contributed by atoms with Gasteiger partial charge in [-0.3, -0.25) is 10.1 Å². The second kappa shape index (κ2) is 7.41. The number of ether oxygens (including phenoxy) is 1. The average molecular weight is 292 g/mol. The predicted octanol–water partition coefficient (Wildman–Crippen LogP) is 4.12. The van der Waals surface area contributed by atoms with Crippen molar-refractivity contribution in [2.75, 3.05) is 12.4 Å². The third kappa shape index (κ3) is 4.17. The van der Waals surface area contributed by atoms with Crippen LogP contribution >= 0.6 is 0 Å². The Morgan fingerprint density at radius 3 is 2.90 bits per heavy atom. The predicted molar refractivity (Wildman–Crippen MR) is 83.5 cm³/mol. The van der Waals surface area contributed by atoms with E-state index in [1.54, 1.807) is 25.2 Å². The number of anilines is 1. The van der Waals surface area contributed by atoms with Crippen LogP contribution in [-0.2, 0) is 11.3 Å². The minimum absolute atomic E-state index is 0.102. The maximum atomic E-state index is 10.9. The van der Waals surface area contributed by atoms with E-state index in [0.717, 1.165) is 24.3 Å². The molecule has 0 heterocycles. The Bertz CT molecular complexity index is 490. The van der Waals surface area contributed by atoms with Crippen LogP contribution in [0.15, 0.2) is 18.2 Å². The van der Waals surface area contributed by atoms with Crippen molar-refractivity contribution in [3.8, 4) is 0 Å². The van der Waals surface area contributed by atoms with E-state index in [-0.39, 0.29) is 10.6 Å². The Morgan fingerprint density at radius 2 is 2.24 bits per heavy atom. The molecular weight excluding hydrogens is 268 g/mol. The van der Waals surface area contributed by atoms with Crippen LogP contribution in [0.2, 0.25) is 0 Å². The van der Waals surface area contributed by atoms with Crippen LogP contribution in [0.25, 0.3) is 0 Å². The van der Waals surface area contributed by atoms with Crippen molar-refractivity contribution < 1.29 is 9.66 Å². The largest absolute Gasteiger partial charge is 0.383 e. The summed E-state index contributed by atoms with van der Waals surface area (Å²) in [6.07, 6.45) is 6.38. The fourth-order valence-corrected chi connectivity index (χ4v) is 3.01. The van der Waals surface area contributed by atoms with E-state index in [1.807, 2.05) is 0 Å². The van der Waals surface area contributed by atoms with Gasteiger partial charge in [0.05, 0.1) is 17.6 Å². The maximum absolute atomic E-state index is 10.9. The molecule has 2 rings (SSSR count). The molecule has 1 saturated carbocycles. The minimum Gasteiger partial charge on any atom is -0.383 e. The Kier molecular flexibility index (Phi) is 5.56. The highest BCUT2D eigenvalue weighted by Crippen LogP contribution is 2.30. The van der Waals surface area contributed by atoms with Crippen LogP contribution in [-0.4, -0.2) is 18.1 Å². The third-order valence-electron chi connectivity index (χ3n) is 4.32. The lowest BCUT2D eigenvalue weighted by Crippen LogP contribution is -2.22. The van der Waals surface area contributed by atoms with Gasteiger partial charge >= 0.3 is 0 Å². The highest BCUT2D eigenvalue weighted by atomic mass is 16.6. The quantitative estimate of drug-likeness (QED) is 0.632. The summed E-state index contributed by atoms with van der Waals surface area (Å²) >= 11 is 0. The second-order valence-electron chi connectivity index (χ2n) is 5.73. The van der Waals surface area contributed by atoms with E-state index in [0.29, 0.717) is 18.4 Å². The number of benzene rings is 1. The van der Waals surface area contributed by atoms with E-state index in [2.05, 4.69) is 12.2 Å². The third-order valence-corrected chi connectivity index (χ3v) is 4.32. The maximum Gasteiger partial charge on any atom is 0.292 e. The number of nitro groups is 1. The molecule has 2 unspecified atom stereocenters.